The van der Waals surface area contributed by atoms with E-state index in [2.05, 4.69) is 0 Å². The smallest absolute Gasteiger partial charge is 0.265 e. The molecule has 2 aliphatic rings. The molecule has 2 saturated heterocycles. The number of amides is 1. The number of nitrogens with zero attached hydrogens (tertiary/aromatic N) is 1. The van der Waals surface area contributed by atoms with Gasteiger partial charge >= 0.3 is 0 Å². The summed E-state index contributed by atoms with van der Waals surface area (Å²) >= 11 is 1.46. The van der Waals surface area contributed by atoms with Crippen LogP contribution in [0.15, 0.2) is 0 Å². The Morgan fingerprint density at radius 3 is 3.31 bits per heavy atom. The van der Waals surface area contributed by atoms with E-state index in [1.807, 2.05) is 6.92 Å². The van der Waals surface area contributed by atoms with E-state index in [0.29, 0.717) is 6.61 Å². The molecule has 0 unspecified atom stereocenters. The normalized spacial score (nSPS) is 33.6. The first-order valence-electron chi connectivity index (χ1n) is 4.52. The van der Waals surface area contributed by atoms with Gasteiger partial charge in [0.05, 0.1) is 6.61 Å². The van der Waals surface area contributed by atoms with Crippen molar-refractivity contribution in [2.24, 2.45) is 0 Å². The summed E-state index contributed by atoms with van der Waals surface area (Å²) < 4.78 is 10.7. The van der Waals surface area contributed by atoms with Crippen molar-refractivity contribution in [1.82, 2.24) is 4.90 Å². The highest BCUT2D eigenvalue weighted by atomic mass is 32.2. The van der Waals surface area contributed by atoms with E-state index in [0.717, 1.165) is 19.6 Å². The molecule has 5 heteroatoms. The molecule has 0 aliphatic carbocycles. The summed E-state index contributed by atoms with van der Waals surface area (Å²) in [4.78, 5) is 13.4. The molecule has 2 rings (SSSR count). The van der Waals surface area contributed by atoms with Gasteiger partial charge in [0.2, 0.25) is 0 Å². The lowest BCUT2D eigenvalue weighted by Crippen LogP contribution is -2.40. The summed E-state index contributed by atoms with van der Waals surface area (Å²) in [7, 11) is 0. The monoisotopic (exact) mass is 203 g/mol. The fraction of sp³-hybridized carbons (Fsp3) is 0.875. The third kappa shape index (κ3) is 1.68. The van der Waals surface area contributed by atoms with Gasteiger partial charge in [0.15, 0.2) is 11.0 Å². The third-order valence-corrected chi connectivity index (χ3v) is 3.31. The zero-order valence-electron chi connectivity index (χ0n) is 7.56. The quantitative estimate of drug-likeness (QED) is 0.660. The average Bonchev–Trinajstić information content (AvgIpc) is 2.46. The van der Waals surface area contributed by atoms with Crippen molar-refractivity contribution in [2.75, 3.05) is 19.8 Å². The topological polar surface area (TPSA) is 38.8 Å². The van der Waals surface area contributed by atoms with Crippen molar-refractivity contribution in [3.8, 4) is 0 Å². The first-order valence-corrected chi connectivity index (χ1v) is 5.46. The molecule has 0 radical (unpaired) electrons. The summed E-state index contributed by atoms with van der Waals surface area (Å²) in [6.45, 7) is 4.02. The van der Waals surface area contributed by atoms with Crippen molar-refractivity contribution < 1.29 is 14.3 Å². The summed E-state index contributed by atoms with van der Waals surface area (Å²) in [5.41, 5.74) is -0.439. The van der Waals surface area contributed by atoms with E-state index in [-0.39, 0.29) is 16.9 Å². The molecule has 2 fully saturated rings. The van der Waals surface area contributed by atoms with Crippen LogP contribution >= 0.6 is 11.8 Å². The van der Waals surface area contributed by atoms with Crippen LogP contribution in [0.1, 0.15) is 13.3 Å². The van der Waals surface area contributed by atoms with Crippen LogP contribution in [0.4, 0.5) is 0 Å². The van der Waals surface area contributed by atoms with E-state index in [1.54, 1.807) is 4.90 Å². The number of carbonyl (C=O) groups excluding carboxylic acids is 1. The van der Waals surface area contributed by atoms with Crippen molar-refractivity contribution in [2.45, 2.75) is 24.3 Å². The fourth-order valence-corrected chi connectivity index (χ4v) is 2.71. The maximum Gasteiger partial charge on any atom is 0.265 e. The zero-order valence-corrected chi connectivity index (χ0v) is 8.38. The second kappa shape index (κ2) is 3.86. The van der Waals surface area contributed by atoms with Crippen LogP contribution in [0.25, 0.3) is 0 Å². The van der Waals surface area contributed by atoms with Gasteiger partial charge < -0.3 is 14.4 Å². The molecular weight excluding hydrogens is 190 g/mol. The molecule has 2 heterocycles. The molecule has 0 bridgehead atoms. The lowest BCUT2D eigenvalue weighted by Gasteiger charge is -2.27. The van der Waals surface area contributed by atoms with E-state index in [4.69, 9.17) is 9.47 Å². The molecule has 2 aliphatic heterocycles. The Hall–Kier alpha value is -0.260. The summed E-state index contributed by atoms with van der Waals surface area (Å²) in [5.74, 6) is 0.0663. The molecule has 1 amide bonds. The Bertz CT molecular complexity index is 212. The summed E-state index contributed by atoms with van der Waals surface area (Å²) in [6.07, 6.45) is 0.932. The van der Waals surface area contributed by atoms with E-state index in [1.165, 1.54) is 11.8 Å². The molecule has 0 spiro atoms. The van der Waals surface area contributed by atoms with Crippen molar-refractivity contribution in [3.05, 3.63) is 0 Å². The van der Waals surface area contributed by atoms with Crippen molar-refractivity contribution >= 4 is 17.7 Å². The summed E-state index contributed by atoms with van der Waals surface area (Å²) in [5, 5.41) is 0. The van der Waals surface area contributed by atoms with Crippen LogP contribution in [0.2, 0.25) is 0 Å². The molecule has 0 N–H and O–H groups in total. The second-order valence-electron chi connectivity index (χ2n) is 2.99. The molecule has 0 saturated carbocycles. The van der Waals surface area contributed by atoms with Crippen LogP contribution < -0.4 is 0 Å². The van der Waals surface area contributed by atoms with Crippen LogP contribution in [0, 0.1) is 0 Å². The Morgan fingerprint density at radius 2 is 2.62 bits per heavy atom. The number of fused-ring (bicyclic) bond motifs is 1. The molecular formula is C8H13NO3S. The fourth-order valence-electron chi connectivity index (χ4n) is 1.50. The van der Waals surface area contributed by atoms with E-state index >= 15 is 0 Å². The van der Waals surface area contributed by atoms with Crippen molar-refractivity contribution in [1.29, 1.82) is 0 Å². The second-order valence-corrected chi connectivity index (χ2v) is 4.09. The van der Waals surface area contributed by atoms with Gasteiger partial charge in [0.1, 0.15) is 0 Å². The zero-order chi connectivity index (χ0) is 9.26. The minimum absolute atomic E-state index is 0.0663. The Morgan fingerprint density at radius 1 is 1.77 bits per heavy atom. The lowest BCUT2D eigenvalue weighted by molar-refractivity contribution is -0.146. The van der Waals surface area contributed by atoms with Crippen LogP contribution in [-0.4, -0.2) is 41.6 Å². The van der Waals surface area contributed by atoms with Crippen LogP contribution in [0.3, 0.4) is 0 Å². The predicted octanol–water partition coefficient (Wildman–Crippen LogP) is 0.628. The molecule has 0 aromatic rings. The van der Waals surface area contributed by atoms with Crippen molar-refractivity contribution in [3.63, 3.8) is 0 Å². The number of thioether (sulfide) groups is 1. The highest BCUT2D eigenvalue weighted by Crippen LogP contribution is 2.34. The standard InChI is InChI=1S/C8H13NO3S/c1-2-11-7-6(10)9-4-3-5-12-8(9)13-7/h7-8H,2-5H2,1H3/t7-,8-/m1/s1. The predicted molar refractivity (Wildman–Crippen MR) is 49.1 cm³/mol. The molecule has 0 aromatic heterocycles. The summed E-state index contributed by atoms with van der Waals surface area (Å²) in [6, 6.07) is 0. The number of rotatable bonds is 2. The molecule has 2 atom stereocenters. The van der Waals surface area contributed by atoms with E-state index < -0.39 is 0 Å². The number of carbonyl (C=O) groups is 1. The van der Waals surface area contributed by atoms with Crippen LogP contribution in [0.5, 0.6) is 0 Å². The largest absolute Gasteiger partial charge is 0.358 e. The Labute approximate surface area is 81.6 Å². The van der Waals surface area contributed by atoms with Gasteiger partial charge in [-0.3, -0.25) is 4.79 Å². The van der Waals surface area contributed by atoms with Gasteiger partial charge in [-0.05, 0) is 13.3 Å². The van der Waals surface area contributed by atoms with Gasteiger partial charge in [0.25, 0.3) is 5.91 Å². The Balaban J connectivity index is 2.01. The molecule has 74 valence electrons. The lowest BCUT2D eigenvalue weighted by atomic mass is 10.4. The number of hydrogen-bond donors (Lipinski definition) is 0. The highest BCUT2D eigenvalue weighted by molar-refractivity contribution is 8.01. The SMILES string of the molecule is CCO[C@@H]1S[C@H]2OCCCN2C1=O. The number of hydrogen-bond acceptors (Lipinski definition) is 4. The minimum Gasteiger partial charge on any atom is -0.358 e. The molecule has 0 aromatic carbocycles. The van der Waals surface area contributed by atoms with Crippen LogP contribution in [-0.2, 0) is 14.3 Å². The third-order valence-electron chi connectivity index (χ3n) is 2.10. The van der Waals surface area contributed by atoms with Gasteiger partial charge in [-0.2, -0.15) is 0 Å². The van der Waals surface area contributed by atoms with E-state index in [9.17, 15) is 4.79 Å². The maximum atomic E-state index is 11.6. The maximum absolute atomic E-state index is 11.6. The van der Waals surface area contributed by atoms with Gasteiger partial charge in [0, 0.05) is 13.2 Å². The van der Waals surface area contributed by atoms with Gasteiger partial charge in [-0.15, -0.1) is 0 Å². The first kappa shape index (κ1) is 9.30. The molecule has 4 nitrogen and oxygen atoms in total. The highest BCUT2D eigenvalue weighted by Gasteiger charge is 2.42. The first-order chi connectivity index (χ1) is 6.33. The average molecular weight is 203 g/mol. The van der Waals surface area contributed by atoms with Gasteiger partial charge in [-0.25, -0.2) is 0 Å². The number of ether oxygens (including phenoxy) is 2. The minimum atomic E-state index is -0.340. The van der Waals surface area contributed by atoms with Gasteiger partial charge in [-0.1, -0.05) is 11.8 Å². The molecule has 13 heavy (non-hydrogen) atoms. The Kier molecular flexibility index (Phi) is 2.76.